The van der Waals surface area contributed by atoms with Crippen molar-refractivity contribution in [3.05, 3.63) is 29.6 Å². The number of carbonyl (C=O) groups is 5. The molecule has 7 N–H and O–H groups in total. The second-order valence-corrected chi connectivity index (χ2v) is 10.4. The average Bonchev–Trinajstić information content (AvgIpc) is 3.31. The van der Waals surface area contributed by atoms with E-state index in [2.05, 4.69) is 5.32 Å². The minimum atomic E-state index is -0.952. The van der Waals surface area contributed by atoms with Gasteiger partial charge in [-0.05, 0) is 50.2 Å². The third kappa shape index (κ3) is 8.13. The molecule has 1 aromatic carbocycles. The van der Waals surface area contributed by atoms with Crippen LogP contribution < -0.4 is 27.3 Å². The molecule has 2 saturated heterocycles. The van der Waals surface area contributed by atoms with E-state index in [1.807, 2.05) is 0 Å². The molecule has 12 nitrogen and oxygen atoms in total. The van der Waals surface area contributed by atoms with Crippen LogP contribution in [0.15, 0.2) is 18.2 Å². The molecule has 40 heavy (non-hydrogen) atoms. The molecule has 0 radical (unpaired) electrons. The molecule has 0 unspecified atom stereocenters. The monoisotopic (exact) mass is 562 g/mol. The van der Waals surface area contributed by atoms with Gasteiger partial charge in [-0.3, -0.25) is 24.0 Å². The lowest BCUT2D eigenvalue weighted by molar-refractivity contribution is -0.144. The number of hydrogen-bond donors (Lipinski definition) is 4. The molecule has 3 rings (SSSR count). The number of carbonyl (C=O) groups excluding carboxylic acids is 5. The summed E-state index contributed by atoms with van der Waals surface area (Å²) in [6.45, 7) is 1.81. The second kappa shape index (κ2) is 14.1. The predicted octanol–water partition coefficient (Wildman–Crippen LogP) is -0.298. The summed E-state index contributed by atoms with van der Waals surface area (Å²) < 4.78 is 20.7. The molecule has 2 aliphatic heterocycles. The Balaban J connectivity index is 1.68. The highest BCUT2D eigenvalue weighted by atomic mass is 19.1. The largest absolute Gasteiger partial charge is 0.488 e. The first kappa shape index (κ1) is 30.8. The van der Waals surface area contributed by atoms with E-state index in [1.165, 1.54) is 17.9 Å². The Morgan fingerprint density at radius 3 is 2.52 bits per heavy atom. The van der Waals surface area contributed by atoms with Crippen LogP contribution in [0.3, 0.4) is 0 Å². The number of halogens is 1. The van der Waals surface area contributed by atoms with Gasteiger partial charge in [0.25, 0.3) is 0 Å². The maximum Gasteiger partial charge on any atom is 0.243 e. The molecule has 0 saturated carbocycles. The highest BCUT2D eigenvalue weighted by Gasteiger charge is 2.44. The second-order valence-electron chi connectivity index (χ2n) is 10.4. The van der Waals surface area contributed by atoms with Crippen LogP contribution in [0.5, 0.6) is 5.75 Å². The number of nitrogens with zero attached hydrogens (tertiary/aromatic N) is 2. The van der Waals surface area contributed by atoms with Crippen LogP contribution in [-0.2, 0) is 30.4 Å². The van der Waals surface area contributed by atoms with Crippen molar-refractivity contribution in [1.29, 1.82) is 0 Å². The highest BCUT2D eigenvalue weighted by Crippen LogP contribution is 2.29. The van der Waals surface area contributed by atoms with Crippen LogP contribution in [0.2, 0.25) is 0 Å². The number of fused-ring (bicyclic) bond motifs is 1. The number of aryl methyl sites for hydroxylation is 1. The Morgan fingerprint density at radius 2 is 1.85 bits per heavy atom. The number of rotatable bonds is 12. The van der Waals surface area contributed by atoms with Crippen LogP contribution in [0, 0.1) is 5.82 Å². The van der Waals surface area contributed by atoms with Crippen LogP contribution >= 0.6 is 0 Å². The molecule has 2 fully saturated rings. The maximum absolute atomic E-state index is 15.0. The zero-order valence-corrected chi connectivity index (χ0v) is 22.8. The van der Waals surface area contributed by atoms with Gasteiger partial charge in [0.2, 0.25) is 29.5 Å². The van der Waals surface area contributed by atoms with Gasteiger partial charge >= 0.3 is 0 Å². The number of benzene rings is 1. The van der Waals surface area contributed by atoms with Gasteiger partial charge in [0, 0.05) is 38.9 Å². The number of primary amides is 2. The van der Waals surface area contributed by atoms with E-state index in [4.69, 9.17) is 21.9 Å². The molecule has 220 valence electrons. The van der Waals surface area contributed by atoms with Crippen molar-refractivity contribution in [1.82, 2.24) is 15.1 Å². The molecule has 0 spiro atoms. The van der Waals surface area contributed by atoms with Crippen molar-refractivity contribution in [3.8, 4) is 5.75 Å². The molecule has 2 aliphatic rings. The van der Waals surface area contributed by atoms with Crippen molar-refractivity contribution in [2.24, 2.45) is 17.2 Å². The fourth-order valence-electron chi connectivity index (χ4n) is 5.26. The molecule has 0 aliphatic carbocycles. The van der Waals surface area contributed by atoms with Gasteiger partial charge in [-0.15, -0.1) is 0 Å². The number of hydrogen-bond acceptors (Lipinski definition) is 7. The van der Waals surface area contributed by atoms with E-state index in [0.29, 0.717) is 44.2 Å². The lowest BCUT2D eigenvalue weighted by Crippen LogP contribution is -2.59. The molecule has 1 aromatic rings. The Morgan fingerprint density at radius 1 is 1.12 bits per heavy atom. The highest BCUT2D eigenvalue weighted by molar-refractivity contribution is 5.91. The standard InChI is InChI=1S/C27H39FN6O6/c1-16(35)33-13-12-19-9-10-21(34(19)27(39)20(29)14-33)26(38)32-18(8-11-24(31)37)15-40-22-6-2-4-17(25(22)28)5-3-7-23(30)36/h2,4,6,18-21H,3,5,7-15,29H2,1H3,(H2,30,36)(H2,31,37)(H,32,38)/t18-,19+,20-,21-/m0/s1. The maximum atomic E-state index is 15.0. The predicted molar refractivity (Wildman–Crippen MR) is 143 cm³/mol. The minimum absolute atomic E-state index is 0.0317. The van der Waals surface area contributed by atoms with E-state index in [0.717, 1.165) is 0 Å². The van der Waals surface area contributed by atoms with Crippen molar-refractivity contribution >= 4 is 29.5 Å². The number of nitrogens with two attached hydrogens (primary N) is 3. The van der Waals surface area contributed by atoms with Gasteiger partial charge in [-0.1, -0.05) is 12.1 Å². The summed E-state index contributed by atoms with van der Waals surface area (Å²) in [7, 11) is 0. The van der Waals surface area contributed by atoms with E-state index in [-0.39, 0.29) is 50.1 Å². The Hall–Kier alpha value is -3.74. The summed E-state index contributed by atoms with van der Waals surface area (Å²) in [6, 6.07) is 2.02. The first-order valence-electron chi connectivity index (χ1n) is 13.6. The van der Waals surface area contributed by atoms with E-state index in [1.54, 1.807) is 17.0 Å². The summed E-state index contributed by atoms with van der Waals surface area (Å²) in [6.07, 6.45) is 2.47. The smallest absolute Gasteiger partial charge is 0.243 e. The van der Waals surface area contributed by atoms with Crippen molar-refractivity contribution in [2.45, 2.75) is 82.5 Å². The zero-order chi connectivity index (χ0) is 29.4. The lowest BCUT2D eigenvalue weighted by atomic mass is 10.1. The van der Waals surface area contributed by atoms with Crippen LogP contribution in [0.25, 0.3) is 0 Å². The van der Waals surface area contributed by atoms with Gasteiger partial charge in [-0.2, -0.15) is 0 Å². The summed E-state index contributed by atoms with van der Waals surface area (Å²) in [4.78, 5) is 64.0. The molecule has 2 heterocycles. The summed E-state index contributed by atoms with van der Waals surface area (Å²) >= 11 is 0. The Bertz CT molecular complexity index is 1120. The fourth-order valence-corrected chi connectivity index (χ4v) is 5.26. The molecule has 13 heteroatoms. The molecule has 4 atom stereocenters. The Kier molecular flexibility index (Phi) is 10.8. The van der Waals surface area contributed by atoms with Gasteiger partial charge in [0.05, 0.1) is 6.04 Å². The van der Waals surface area contributed by atoms with E-state index in [9.17, 15) is 24.0 Å². The summed E-state index contributed by atoms with van der Waals surface area (Å²) in [5.41, 5.74) is 17.0. The first-order valence-corrected chi connectivity index (χ1v) is 13.6. The third-order valence-corrected chi connectivity index (χ3v) is 7.41. The fraction of sp³-hybridized carbons (Fsp3) is 0.593. The van der Waals surface area contributed by atoms with Crippen molar-refractivity contribution < 1.29 is 33.1 Å². The minimum Gasteiger partial charge on any atom is -0.488 e. The van der Waals surface area contributed by atoms with Crippen LogP contribution in [-0.4, -0.2) is 83.2 Å². The molecular weight excluding hydrogens is 523 g/mol. The average molecular weight is 563 g/mol. The van der Waals surface area contributed by atoms with Crippen molar-refractivity contribution in [2.75, 3.05) is 19.7 Å². The topological polar surface area (TPSA) is 191 Å². The first-order chi connectivity index (χ1) is 19.0. The van der Waals surface area contributed by atoms with Gasteiger partial charge in [-0.25, -0.2) is 4.39 Å². The number of nitrogens with one attached hydrogen (secondary N) is 1. The molecular formula is C27H39FN6O6. The van der Waals surface area contributed by atoms with Gasteiger partial charge < -0.3 is 37.1 Å². The normalized spacial score (nSPS) is 21.7. The molecule has 5 amide bonds. The SMILES string of the molecule is CC(=O)N1CC[C@H]2CC[C@@H](C(=O)N[C@@H](CCC(N)=O)COc3cccc(CCCC(N)=O)c3F)N2C(=O)[C@@H](N)C1. The van der Waals surface area contributed by atoms with E-state index < -0.39 is 47.6 Å². The van der Waals surface area contributed by atoms with Crippen LogP contribution in [0.1, 0.15) is 57.4 Å². The van der Waals surface area contributed by atoms with Gasteiger partial charge in [0.15, 0.2) is 11.6 Å². The third-order valence-electron chi connectivity index (χ3n) is 7.41. The molecule has 0 bridgehead atoms. The summed E-state index contributed by atoms with van der Waals surface area (Å²) in [5, 5.41) is 2.85. The van der Waals surface area contributed by atoms with Gasteiger partial charge in [0.1, 0.15) is 18.7 Å². The lowest BCUT2D eigenvalue weighted by Gasteiger charge is -2.37. The van der Waals surface area contributed by atoms with Crippen LogP contribution in [0.4, 0.5) is 4.39 Å². The number of amides is 5. The Labute approximate surface area is 232 Å². The van der Waals surface area contributed by atoms with Crippen molar-refractivity contribution in [3.63, 3.8) is 0 Å². The van der Waals surface area contributed by atoms with E-state index >= 15 is 4.39 Å². The summed E-state index contributed by atoms with van der Waals surface area (Å²) in [5.74, 6) is -2.62. The number of ether oxygens (including phenoxy) is 1. The molecule has 0 aromatic heterocycles. The zero-order valence-electron chi connectivity index (χ0n) is 22.8. The quantitative estimate of drug-likeness (QED) is 0.269.